The third-order valence-corrected chi connectivity index (χ3v) is 4.68. The lowest BCUT2D eigenvalue weighted by atomic mass is 10.1. The zero-order valence-corrected chi connectivity index (χ0v) is 16.4. The van der Waals surface area contributed by atoms with E-state index < -0.39 is 12.1 Å². The number of carbonyl (C=O) groups is 1. The maximum atomic E-state index is 12.7. The first-order valence-electron chi connectivity index (χ1n) is 9.32. The van der Waals surface area contributed by atoms with Crippen molar-refractivity contribution in [2.45, 2.75) is 33.2 Å². The number of anilines is 1. The Labute approximate surface area is 170 Å². The molecule has 0 aliphatic rings. The van der Waals surface area contributed by atoms with E-state index >= 15 is 0 Å². The molecule has 4 rings (SSSR count). The highest BCUT2D eigenvalue weighted by atomic mass is 19.3. The van der Waals surface area contributed by atoms with Gasteiger partial charge in [-0.25, -0.2) is 18.7 Å². The van der Waals surface area contributed by atoms with E-state index in [4.69, 9.17) is 4.52 Å². The molecule has 0 aliphatic carbocycles. The molecule has 9 heteroatoms. The predicted octanol–water partition coefficient (Wildman–Crippen LogP) is 4.20. The fraction of sp³-hybridized carbons (Fsp3) is 0.238. The van der Waals surface area contributed by atoms with Crippen molar-refractivity contribution in [2.24, 2.45) is 0 Å². The topological polar surface area (TPSA) is 85.8 Å². The first-order valence-corrected chi connectivity index (χ1v) is 9.32. The molecule has 4 aromatic rings. The van der Waals surface area contributed by atoms with Crippen LogP contribution in [0.25, 0.3) is 11.2 Å². The van der Waals surface area contributed by atoms with E-state index in [9.17, 15) is 13.6 Å². The Morgan fingerprint density at radius 1 is 1.17 bits per heavy atom. The van der Waals surface area contributed by atoms with E-state index in [2.05, 4.69) is 20.4 Å². The standard InChI is InChI=1S/C21H19F2N5O2/c1-12-8-17-21(28(12)11-15-10-16(19(22)23)27-30-15)24-13(2)20(25-17)26-18(29)9-14-6-4-3-5-7-14/h3-8,10,19H,9,11H2,1-2H3,(H,25,26,29). The molecule has 0 saturated heterocycles. The van der Waals surface area contributed by atoms with Crippen molar-refractivity contribution in [3.8, 4) is 0 Å². The number of alkyl halides is 2. The number of fused-ring (bicyclic) bond motifs is 1. The van der Waals surface area contributed by atoms with Crippen molar-refractivity contribution in [2.75, 3.05) is 5.32 Å². The normalized spacial score (nSPS) is 11.4. The molecule has 30 heavy (non-hydrogen) atoms. The van der Waals surface area contributed by atoms with E-state index in [1.807, 2.05) is 43.3 Å². The first-order chi connectivity index (χ1) is 14.4. The second-order valence-corrected chi connectivity index (χ2v) is 6.97. The predicted molar refractivity (Wildman–Crippen MR) is 106 cm³/mol. The highest BCUT2D eigenvalue weighted by Gasteiger charge is 2.18. The van der Waals surface area contributed by atoms with Crippen LogP contribution in [0, 0.1) is 13.8 Å². The Morgan fingerprint density at radius 2 is 1.93 bits per heavy atom. The number of hydrogen-bond donors (Lipinski definition) is 1. The van der Waals surface area contributed by atoms with Gasteiger partial charge in [-0.2, -0.15) is 0 Å². The summed E-state index contributed by atoms with van der Waals surface area (Å²) < 4.78 is 32.3. The Balaban J connectivity index is 1.57. The minimum Gasteiger partial charge on any atom is -0.359 e. The number of aromatic nitrogens is 4. The summed E-state index contributed by atoms with van der Waals surface area (Å²) in [5, 5.41) is 6.19. The van der Waals surface area contributed by atoms with Crippen LogP contribution in [-0.2, 0) is 17.8 Å². The lowest BCUT2D eigenvalue weighted by Crippen LogP contribution is -2.17. The van der Waals surface area contributed by atoms with Crippen LogP contribution in [0.2, 0.25) is 0 Å². The second kappa shape index (κ2) is 8.02. The molecular weight excluding hydrogens is 392 g/mol. The zero-order valence-electron chi connectivity index (χ0n) is 16.4. The van der Waals surface area contributed by atoms with Crippen molar-refractivity contribution in [3.05, 3.63) is 70.9 Å². The van der Waals surface area contributed by atoms with Crippen LogP contribution in [0.15, 0.2) is 47.0 Å². The van der Waals surface area contributed by atoms with Crippen LogP contribution in [0.1, 0.15) is 34.8 Å². The number of aryl methyl sites for hydroxylation is 2. The van der Waals surface area contributed by atoms with Crippen molar-refractivity contribution < 1.29 is 18.1 Å². The maximum Gasteiger partial charge on any atom is 0.283 e. The molecule has 0 unspecified atom stereocenters. The fourth-order valence-electron chi connectivity index (χ4n) is 3.20. The van der Waals surface area contributed by atoms with E-state index in [0.29, 0.717) is 28.4 Å². The summed E-state index contributed by atoms with van der Waals surface area (Å²) in [6, 6.07) is 12.5. The van der Waals surface area contributed by atoms with Crippen molar-refractivity contribution >= 4 is 22.9 Å². The Hall–Kier alpha value is -3.62. The quantitative estimate of drug-likeness (QED) is 0.514. The number of hydrogen-bond acceptors (Lipinski definition) is 5. The molecule has 1 amide bonds. The third kappa shape index (κ3) is 4.05. The molecule has 0 aliphatic heterocycles. The summed E-state index contributed by atoms with van der Waals surface area (Å²) in [7, 11) is 0. The summed E-state index contributed by atoms with van der Waals surface area (Å²) in [5.41, 5.74) is 3.03. The van der Waals surface area contributed by atoms with Gasteiger partial charge in [-0.3, -0.25) is 4.79 Å². The van der Waals surface area contributed by atoms with Gasteiger partial charge in [-0.15, -0.1) is 0 Å². The number of carbonyl (C=O) groups excluding carboxylic acids is 1. The molecule has 0 saturated carbocycles. The first kappa shape index (κ1) is 19.7. The molecule has 0 bridgehead atoms. The summed E-state index contributed by atoms with van der Waals surface area (Å²) in [6.45, 7) is 3.81. The van der Waals surface area contributed by atoms with Crippen LogP contribution in [0.5, 0.6) is 0 Å². The fourth-order valence-corrected chi connectivity index (χ4v) is 3.20. The lowest BCUT2D eigenvalue weighted by Gasteiger charge is -2.09. The maximum absolute atomic E-state index is 12.7. The molecular formula is C21H19F2N5O2. The average molecular weight is 411 g/mol. The Bertz CT molecular complexity index is 1200. The van der Waals surface area contributed by atoms with Gasteiger partial charge in [-0.1, -0.05) is 35.5 Å². The highest BCUT2D eigenvalue weighted by Crippen LogP contribution is 2.23. The van der Waals surface area contributed by atoms with E-state index in [0.717, 1.165) is 11.3 Å². The van der Waals surface area contributed by atoms with Crippen molar-refractivity contribution in [1.82, 2.24) is 19.7 Å². The van der Waals surface area contributed by atoms with Gasteiger partial charge < -0.3 is 14.4 Å². The van der Waals surface area contributed by atoms with Crippen LogP contribution >= 0.6 is 0 Å². The number of amides is 1. The number of rotatable bonds is 6. The number of nitrogens with zero attached hydrogens (tertiary/aromatic N) is 4. The van der Waals surface area contributed by atoms with Gasteiger partial charge in [0.05, 0.1) is 18.7 Å². The SMILES string of the molecule is Cc1nc2c(cc(C)n2Cc2cc(C(F)F)no2)nc1NC(=O)Cc1ccccc1. The van der Waals surface area contributed by atoms with E-state index in [-0.39, 0.29) is 18.9 Å². The summed E-state index contributed by atoms with van der Waals surface area (Å²) in [6.07, 6.45) is -2.45. The summed E-state index contributed by atoms with van der Waals surface area (Å²) >= 11 is 0. The summed E-state index contributed by atoms with van der Waals surface area (Å²) in [5.74, 6) is 0.501. The van der Waals surface area contributed by atoms with Gasteiger partial charge in [0.15, 0.2) is 17.2 Å². The van der Waals surface area contributed by atoms with Gasteiger partial charge in [0, 0.05) is 11.8 Å². The molecule has 7 nitrogen and oxygen atoms in total. The molecule has 3 aromatic heterocycles. The smallest absolute Gasteiger partial charge is 0.283 e. The van der Waals surface area contributed by atoms with Crippen LogP contribution in [0.4, 0.5) is 14.6 Å². The Kier molecular flexibility index (Phi) is 5.26. The van der Waals surface area contributed by atoms with Gasteiger partial charge in [-0.05, 0) is 25.5 Å². The highest BCUT2D eigenvalue weighted by molar-refractivity contribution is 5.92. The van der Waals surface area contributed by atoms with E-state index in [1.54, 1.807) is 11.5 Å². The van der Waals surface area contributed by atoms with E-state index in [1.165, 1.54) is 6.07 Å². The number of nitrogens with one attached hydrogen (secondary N) is 1. The molecule has 1 N–H and O–H groups in total. The molecule has 154 valence electrons. The monoisotopic (exact) mass is 411 g/mol. The molecule has 0 spiro atoms. The van der Waals surface area contributed by atoms with Crippen molar-refractivity contribution in [3.63, 3.8) is 0 Å². The van der Waals surface area contributed by atoms with Crippen LogP contribution in [0.3, 0.4) is 0 Å². The van der Waals surface area contributed by atoms with Gasteiger partial charge in [0.2, 0.25) is 5.91 Å². The van der Waals surface area contributed by atoms with Gasteiger partial charge in [0.1, 0.15) is 11.2 Å². The molecule has 3 heterocycles. The van der Waals surface area contributed by atoms with Gasteiger partial charge in [0.25, 0.3) is 6.43 Å². The second-order valence-electron chi connectivity index (χ2n) is 6.97. The minimum absolute atomic E-state index is 0.185. The third-order valence-electron chi connectivity index (χ3n) is 4.68. The average Bonchev–Trinajstić information content (AvgIpc) is 3.29. The Morgan fingerprint density at radius 3 is 2.63 bits per heavy atom. The number of halogens is 2. The van der Waals surface area contributed by atoms with Gasteiger partial charge >= 0.3 is 0 Å². The molecule has 0 radical (unpaired) electrons. The van der Waals surface area contributed by atoms with Crippen molar-refractivity contribution in [1.29, 1.82) is 0 Å². The lowest BCUT2D eigenvalue weighted by molar-refractivity contribution is -0.115. The summed E-state index contributed by atoms with van der Waals surface area (Å²) in [4.78, 5) is 21.5. The zero-order chi connectivity index (χ0) is 21.3. The molecule has 0 fully saturated rings. The number of benzene rings is 1. The molecule has 0 atom stereocenters. The van der Waals surface area contributed by atoms with Crippen LogP contribution < -0.4 is 5.32 Å². The molecule has 1 aromatic carbocycles. The largest absolute Gasteiger partial charge is 0.359 e. The van der Waals surface area contributed by atoms with Crippen LogP contribution in [-0.4, -0.2) is 25.6 Å². The minimum atomic E-state index is -2.69.